The van der Waals surface area contributed by atoms with Crippen LogP contribution in [0, 0.1) is 5.92 Å². The molecule has 20 heavy (non-hydrogen) atoms. The van der Waals surface area contributed by atoms with Gasteiger partial charge in [0.1, 0.15) is 5.03 Å². The van der Waals surface area contributed by atoms with Gasteiger partial charge in [-0.2, -0.15) is 0 Å². The van der Waals surface area contributed by atoms with Crippen molar-refractivity contribution in [3.05, 3.63) is 41.4 Å². The molecular weight excluding hydrogens is 292 g/mol. The van der Waals surface area contributed by atoms with E-state index in [1.807, 2.05) is 36.4 Å². The second-order valence-corrected chi connectivity index (χ2v) is 6.33. The number of benzene rings is 1. The molecule has 0 amide bonds. The number of ether oxygens (including phenoxy) is 1. The Morgan fingerprint density at radius 3 is 2.55 bits per heavy atom. The molecule has 5 heteroatoms. The van der Waals surface area contributed by atoms with Gasteiger partial charge >= 0.3 is 0 Å². The van der Waals surface area contributed by atoms with E-state index in [0.717, 1.165) is 14.9 Å². The highest BCUT2D eigenvalue weighted by Gasteiger charge is 2.07. The van der Waals surface area contributed by atoms with E-state index in [1.165, 1.54) is 0 Å². The molecule has 0 aliphatic carbocycles. The van der Waals surface area contributed by atoms with E-state index in [9.17, 15) is 0 Å². The number of halogens is 1. The van der Waals surface area contributed by atoms with Crippen molar-refractivity contribution in [3.8, 4) is 5.88 Å². The smallest absolute Gasteiger partial charge is 0.238 e. The Labute approximate surface area is 128 Å². The lowest BCUT2D eigenvalue weighted by atomic mass is 10.2. The molecule has 2 aromatic rings. The molecule has 1 aromatic heterocycles. The standard InChI is InChI=1S/C15H17ClN2OS/c1-10(2)9-19-15-13(17)7-8-14(18-15)20-12-5-3-11(16)4-6-12/h3-8,10H,9,17H2,1-2H3. The Kier molecular flexibility index (Phi) is 5.15. The molecule has 106 valence electrons. The van der Waals surface area contributed by atoms with Gasteiger partial charge in [0.05, 0.1) is 12.3 Å². The van der Waals surface area contributed by atoms with Crippen LogP contribution >= 0.6 is 23.4 Å². The summed E-state index contributed by atoms with van der Waals surface area (Å²) in [5.74, 6) is 0.932. The zero-order chi connectivity index (χ0) is 14.5. The van der Waals surface area contributed by atoms with Crippen LogP contribution in [-0.2, 0) is 0 Å². The zero-order valence-corrected chi connectivity index (χ0v) is 13.0. The molecule has 0 spiro atoms. The molecular formula is C15H17ClN2OS. The summed E-state index contributed by atoms with van der Waals surface area (Å²) in [6, 6.07) is 11.3. The number of aromatic nitrogens is 1. The Hall–Kier alpha value is -1.39. The molecule has 2 rings (SSSR count). The van der Waals surface area contributed by atoms with Crippen molar-refractivity contribution >= 4 is 29.1 Å². The van der Waals surface area contributed by atoms with Gasteiger partial charge in [0.2, 0.25) is 5.88 Å². The van der Waals surface area contributed by atoms with E-state index >= 15 is 0 Å². The number of hydrogen-bond donors (Lipinski definition) is 1. The fourth-order valence-electron chi connectivity index (χ4n) is 1.48. The predicted molar refractivity (Wildman–Crippen MR) is 84.6 cm³/mol. The summed E-state index contributed by atoms with van der Waals surface area (Å²) in [7, 11) is 0. The van der Waals surface area contributed by atoms with Crippen LogP contribution in [0.2, 0.25) is 5.02 Å². The second-order valence-electron chi connectivity index (χ2n) is 4.80. The number of anilines is 1. The number of hydrogen-bond acceptors (Lipinski definition) is 4. The van der Waals surface area contributed by atoms with Crippen LogP contribution < -0.4 is 10.5 Å². The highest BCUT2D eigenvalue weighted by Crippen LogP contribution is 2.30. The maximum Gasteiger partial charge on any atom is 0.238 e. The number of nitrogens with zero attached hydrogens (tertiary/aromatic N) is 1. The summed E-state index contributed by atoms with van der Waals surface area (Å²) in [5.41, 5.74) is 6.44. The van der Waals surface area contributed by atoms with Crippen molar-refractivity contribution in [1.29, 1.82) is 0 Å². The Morgan fingerprint density at radius 1 is 1.20 bits per heavy atom. The minimum absolute atomic E-state index is 0.434. The molecule has 0 aliphatic heterocycles. The maximum atomic E-state index is 5.87. The summed E-state index contributed by atoms with van der Waals surface area (Å²) in [6.45, 7) is 4.78. The Balaban J connectivity index is 2.12. The van der Waals surface area contributed by atoms with Crippen molar-refractivity contribution in [2.45, 2.75) is 23.8 Å². The van der Waals surface area contributed by atoms with E-state index in [4.69, 9.17) is 22.1 Å². The van der Waals surface area contributed by atoms with Crippen molar-refractivity contribution in [1.82, 2.24) is 4.98 Å². The third-order valence-corrected chi connectivity index (χ3v) is 3.65. The first-order chi connectivity index (χ1) is 9.54. The summed E-state index contributed by atoms with van der Waals surface area (Å²) >= 11 is 7.42. The minimum Gasteiger partial charge on any atom is -0.476 e. The SMILES string of the molecule is CC(C)COc1nc(Sc2ccc(Cl)cc2)ccc1N. The van der Waals surface area contributed by atoms with Crippen LogP contribution in [0.1, 0.15) is 13.8 Å². The first kappa shape index (κ1) is 15.0. The highest BCUT2D eigenvalue weighted by molar-refractivity contribution is 7.99. The predicted octanol–water partition coefficient (Wildman–Crippen LogP) is 4.50. The highest BCUT2D eigenvalue weighted by atomic mass is 35.5. The average Bonchev–Trinajstić information content (AvgIpc) is 2.42. The van der Waals surface area contributed by atoms with E-state index in [2.05, 4.69) is 18.8 Å². The van der Waals surface area contributed by atoms with E-state index in [1.54, 1.807) is 11.8 Å². The van der Waals surface area contributed by atoms with Crippen LogP contribution in [0.4, 0.5) is 5.69 Å². The van der Waals surface area contributed by atoms with E-state index in [0.29, 0.717) is 24.1 Å². The van der Waals surface area contributed by atoms with Crippen LogP contribution in [0.25, 0.3) is 0 Å². The number of nitrogen functional groups attached to an aromatic ring is 1. The van der Waals surface area contributed by atoms with Gasteiger partial charge in [0, 0.05) is 9.92 Å². The lowest BCUT2D eigenvalue weighted by molar-refractivity contribution is 0.261. The van der Waals surface area contributed by atoms with E-state index in [-0.39, 0.29) is 0 Å². The largest absolute Gasteiger partial charge is 0.476 e. The fourth-order valence-corrected chi connectivity index (χ4v) is 2.38. The molecule has 1 aromatic carbocycles. The summed E-state index contributed by atoms with van der Waals surface area (Å²) < 4.78 is 5.63. The topological polar surface area (TPSA) is 48.1 Å². The molecule has 0 aliphatic rings. The lowest BCUT2D eigenvalue weighted by Crippen LogP contribution is -2.07. The van der Waals surface area contributed by atoms with Gasteiger partial charge in [-0.05, 0) is 42.3 Å². The van der Waals surface area contributed by atoms with Crippen LogP contribution in [0.3, 0.4) is 0 Å². The molecule has 1 heterocycles. The molecule has 2 N–H and O–H groups in total. The quantitative estimate of drug-likeness (QED) is 0.883. The van der Waals surface area contributed by atoms with Crippen LogP contribution in [-0.4, -0.2) is 11.6 Å². The summed E-state index contributed by atoms with van der Waals surface area (Å²) in [5, 5.41) is 1.57. The van der Waals surface area contributed by atoms with Gasteiger partial charge in [0.15, 0.2) is 0 Å². The Morgan fingerprint density at radius 2 is 1.90 bits per heavy atom. The number of rotatable bonds is 5. The van der Waals surface area contributed by atoms with Gasteiger partial charge in [-0.25, -0.2) is 4.98 Å². The third kappa shape index (κ3) is 4.32. The molecule has 0 unspecified atom stereocenters. The van der Waals surface area contributed by atoms with Crippen molar-refractivity contribution in [2.75, 3.05) is 12.3 Å². The second kappa shape index (κ2) is 6.86. The minimum atomic E-state index is 0.434. The van der Waals surface area contributed by atoms with Crippen LogP contribution in [0.15, 0.2) is 46.3 Å². The monoisotopic (exact) mass is 308 g/mol. The first-order valence-electron chi connectivity index (χ1n) is 6.37. The van der Waals surface area contributed by atoms with E-state index < -0.39 is 0 Å². The first-order valence-corrected chi connectivity index (χ1v) is 7.57. The average molecular weight is 309 g/mol. The number of nitrogens with two attached hydrogens (primary N) is 1. The van der Waals surface area contributed by atoms with Gasteiger partial charge < -0.3 is 10.5 Å². The van der Waals surface area contributed by atoms with Crippen LogP contribution in [0.5, 0.6) is 5.88 Å². The molecule has 0 bridgehead atoms. The molecule has 3 nitrogen and oxygen atoms in total. The Bertz CT molecular complexity index is 573. The summed E-state index contributed by atoms with van der Waals surface area (Å²) in [6.07, 6.45) is 0. The molecule has 0 saturated carbocycles. The molecule has 0 fully saturated rings. The van der Waals surface area contributed by atoms with Gasteiger partial charge in [-0.15, -0.1) is 0 Å². The third-order valence-electron chi connectivity index (χ3n) is 2.45. The van der Waals surface area contributed by atoms with Crippen molar-refractivity contribution < 1.29 is 4.74 Å². The van der Waals surface area contributed by atoms with Gasteiger partial charge in [0.25, 0.3) is 0 Å². The molecule has 0 saturated heterocycles. The zero-order valence-electron chi connectivity index (χ0n) is 11.5. The molecule has 0 radical (unpaired) electrons. The van der Waals surface area contributed by atoms with Crippen molar-refractivity contribution in [3.63, 3.8) is 0 Å². The maximum absolute atomic E-state index is 5.87. The normalized spacial score (nSPS) is 10.8. The fraction of sp³-hybridized carbons (Fsp3) is 0.267. The van der Waals surface area contributed by atoms with Gasteiger partial charge in [-0.1, -0.05) is 37.2 Å². The van der Waals surface area contributed by atoms with Gasteiger partial charge in [-0.3, -0.25) is 0 Å². The van der Waals surface area contributed by atoms with Crippen molar-refractivity contribution in [2.24, 2.45) is 5.92 Å². The number of pyridine rings is 1. The lowest BCUT2D eigenvalue weighted by Gasteiger charge is -2.11. The molecule has 0 atom stereocenters. The summed E-state index contributed by atoms with van der Waals surface area (Å²) in [4.78, 5) is 5.52.